The van der Waals surface area contributed by atoms with Crippen LogP contribution in [0.4, 0.5) is 0 Å². The van der Waals surface area contributed by atoms with Crippen molar-refractivity contribution >= 4 is 12.4 Å². The topological polar surface area (TPSA) is 66.5 Å². The predicted molar refractivity (Wildman–Crippen MR) is 67.9 cm³/mol. The summed E-state index contributed by atoms with van der Waals surface area (Å²) in [7, 11) is 0. The molecule has 1 aromatic rings. The van der Waals surface area contributed by atoms with Gasteiger partial charge >= 0.3 is 0 Å². The maximum absolute atomic E-state index is 9.81. The van der Waals surface area contributed by atoms with E-state index >= 15 is 0 Å². The quantitative estimate of drug-likeness (QED) is 0.764. The molecule has 4 N–H and O–H groups in total. The first kappa shape index (κ1) is 15.2. The number of aromatic hydroxyl groups is 1. The molecule has 1 rings (SSSR count). The molecule has 3 nitrogen and oxygen atoms in total. The van der Waals surface area contributed by atoms with Gasteiger partial charge in [-0.3, -0.25) is 0 Å². The highest BCUT2D eigenvalue weighted by molar-refractivity contribution is 5.85. The van der Waals surface area contributed by atoms with Gasteiger partial charge in [-0.25, -0.2) is 0 Å². The summed E-state index contributed by atoms with van der Waals surface area (Å²) in [6.45, 7) is 5.69. The van der Waals surface area contributed by atoms with E-state index in [0.29, 0.717) is 5.56 Å². The molecule has 0 aliphatic heterocycles. The van der Waals surface area contributed by atoms with Crippen molar-refractivity contribution in [2.45, 2.75) is 32.9 Å². The SMILES string of the molecule is Cc1ccc([C@H](N)[C@H](O)C(C)C)c(O)c1.Cl. The van der Waals surface area contributed by atoms with E-state index in [-0.39, 0.29) is 24.1 Å². The van der Waals surface area contributed by atoms with Crippen LogP contribution in [0.2, 0.25) is 0 Å². The van der Waals surface area contributed by atoms with Gasteiger partial charge in [0.15, 0.2) is 0 Å². The zero-order valence-electron chi connectivity index (χ0n) is 9.84. The number of aliphatic hydroxyl groups excluding tert-OH is 1. The highest BCUT2D eigenvalue weighted by Gasteiger charge is 2.22. The third kappa shape index (κ3) is 3.37. The molecule has 2 atom stereocenters. The first-order valence-corrected chi connectivity index (χ1v) is 5.16. The molecule has 0 saturated heterocycles. The summed E-state index contributed by atoms with van der Waals surface area (Å²) in [5.74, 6) is 0.225. The molecule has 0 aliphatic carbocycles. The van der Waals surface area contributed by atoms with E-state index in [1.807, 2.05) is 26.8 Å². The summed E-state index contributed by atoms with van der Waals surface area (Å²) < 4.78 is 0. The van der Waals surface area contributed by atoms with E-state index in [4.69, 9.17) is 5.73 Å². The maximum atomic E-state index is 9.81. The normalized spacial score (nSPS) is 14.4. The first-order chi connectivity index (χ1) is 6.93. The molecule has 0 radical (unpaired) electrons. The Labute approximate surface area is 103 Å². The molecular weight excluding hydrogens is 226 g/mol. The van der Waals surface area contributed by atoms with Crippen LogP contribution in [-0.2, 0) is 0 Å². The number of rotatable bonds is 3. The number of aliphatic hydroxyl groups is 1. The largest absolute Gasteiger partial charge is 0.508 e. The van der Waals surface area contributed by atoms with Crippen LogP contribution in [0.15, 0.2) is 18.2 Å². The van der Waals surface area contributed by atoms with Crippen LogP contribution in [0.5, 0.6) is 5.75 Å². The van der Waals surface area contributed by atoms with Gasteiger partial charge in [0.2, 0.25) is 0 Å². The van der Waals surface area contributed by atoms with Crippen LogP contribution >= 0.6 is 12.4 Å². The fourth-order valence-corrected chi connectivity index (χ4v) is 1.53. The number of nitrogens with two attached hydrogens (primary N) is 1. The summed E-state index contributed by atoms with van der Waals surface area (Å²) in [6, 6.07) is 4.76. The fourth-order valence-electron chi connectivity index (χ4n) is 1.53. The van der Waals surface area contributed by atoms with Crippen molar-refractivity contribution in [1.29, 1.82) is 0 Å². The summed E-state index contributed by atoms with van der Waals surface area (Å²) in [6.07, 6.45) is -0.640. The molecule has 92 valence electrons. The van der Waals surface area contributed by atoms with E-state index in [0.717, 1.165) is 5.56 Å². The van der Waals surface area contributed by atoms with Crippen molar-refractivity contribution < 1.29 is 10.2 Å². The standard InChI is InChI=1S/C12H19NO2.ClH/c1-7(2)12(15)11(13)9-5-4-8(3)6-10(9)14;/h4-7,11-12,14-15H,13H2,1-3H3;1H/t11-,12+;/m0./s1. The second-order valence-corrected chi connectivity index (χ2v) is 4.32. The van der Waals surface area contributed by atoms with Crippen LogP contribution in [-0.4, -0.2) is 16.3 Å². The minimum Gasteiger partial charge on any atom is -0.508 e. The monoisotopic (exact) mass is 245 g/mol. The second-order valence-electron chi connectivity index (χ2n) is 4.32. The van der Waals surface area contributed by atoms with E-state index < -0.39 is 12.1 Å². The minimum absolute atomic E-state index is 0. The van der Waals surface area contributed by atoms with Gasteiger partial charge < -0.3 is 15.9 Å². The Bertz CT molecular complexity index is 342. The first-order valence-electron chi connectivity index (χ1n) is 5.16. The molecule has 0 amide bonds. The zero-order valence-corrected chi connectivity index (χ0v) is 10.7. The number of aryl methyl sites for hydroxylation is 1. The Hall–Kier alpha value is -0.770. The molecule has 0 spiro atoms. The van der Waals surface area contributed by atoms with E-state index in [2.05, 4.69) is 0 Å². The van der Waals surface area contributed by atoms with Gasteiger partial charge in [-0.1, -0.05) is 26.0 Å². The Morgan fingerprint density at radius 1 is 1.25 bits per heavy atom. The molecular formula is C12H20ClNO2. The molecule has 0 aromatic heterocycles. The van der Waals surface area contributed by atoms with Gasteiger partial charge in [-0.2, -0.15) is 0 Å². The molecule has 0 heterocycles. The molecule has 0 fully saturated rings. The minimum atomic E-state index is -0.640. The number of phenols is 1. The number of hydrogen-bond acceptors (Lipinski definition) is 3. The molecule has 16 heavy (non-hydrogen) atoms. The van der Waals surface area contributed by atoms with Crippen LogP contribution in [0.25, 0.3) is 0 Å². The molecule has 4 heteroatoms. The van der Waals surface area contributed by atoms with Gasteiger partial charge in [0.05, 0.1) is 12.1 Å². The zero-order chi connectivity index (χ0) is 11.6. The Morgan fingerprint density at radius 2 is 1.81 bits per heavy atom. The van der Waals surface area contributed by atoms with Crippen molar-refractivity contribution in [2.75, 3.05) is 0 Å². The molecule has 0 bridgehead atoms. The van der Waals surface area contributed by atoms with E-state index in [1.165, 1.54) is 0 Å². The Balaban J connectivity index is 0.00000225. The number of hydrogen-bond donors (Lipinski definition) is 3. The lowest BCUT2D eigenvalue weighted by Gasteiger charge is -2.23. The van der Waals surface area contributed by atoms with E-state index in [9.17, 15) is 10.2 Å². The van der Waals surface area contributed by atoms with Crippen LogP contribution in [0.1, 0.15) is 31.0 Å². The van der Waals surface area contributed by atoms with Crippen LogP contribution in [0, 0.1) is 12.8 Å². The van der Waals surface area contributed by atoms with Crippen LogP contribution < -0.4 is 5.73 Å². The smallest absolute Gasteiger partial charge is 0.120 e. The Kier molecular flexibility index (Phi) is 5.79. The van der Waals surface area contributed by atoms with E-state index in [1.54, 1.807) is 12.1 Å². The van der Waals surface area contributed by atoms with Gasteiger partial charge in [-0.15, -0.1) is 12.4 Å². The van der Waals surface area contributed by atoms with Gasteiger partial charge in [0, 0.05) is 5.56 Å². The average Bonchev–Trinajstić information content (AvgIpc) is 2.15. The molecule has 0 aliphatic rings. The maximum Gasteiger partial charge on any atom is 0.120 e. The summed E-state index contributed by atoms with van der Waals surface area (Å²) in [5, 5.41) is 19.5. The van der Waals surface area contributed by atoms with Crippen molar-refractivity contribution in [3.63, 3.8) is 0 Å². The molecule has 0 saturated carbocycles. The van der Waals surface area contributed by atoms with Crippen molar-refractivity contribution in [2.24, 2.45) is 11.7 Å². The lowest BCUT2D eigenvalue weighted by atomic mass is 9.93. The third-order valence-electron chi connectivity index (χ3n) is 2.60. The number of benzene rings is 1. The average molecular weight is 246 g/mol. The summed E-state index contributed by atoms with van der Waals surface area (Å²) in [5.41, 5.74) is 7.45. The predicted octanol–water partition coefficient (Wildman–Crippen LogP) is 2.14. The number of halogens is 1. The van der Waals surface area contributed by atoms with Gasteiger partial charge in [-0.05, 0) is 24.5 Å². The second kappa shape index (κ2) is 6.09. The van der Waals surface area contributed by atoms with Crippen LogP contribution in [0.3, 0.4) is 0 Å². The van der Waals surface area contributed by atoms with Crippen molar-refractivity contribution in [1.82, 2.24) is 0 Å². The highest BCUT2D eigenvalue weighted by atomic mass is 35.5. The van der Waals surface area contributed by atoms with Gasteiger partial charge in [0.25, 0.3) is 0 Å². The lowest BCUT2D eigenvalue weighted by Crippen LogP contribution is -2.30. The summed E-state index contributed by atoms with van der Waals surface area (Å²) in [4.78, 5) is 0. The third-order valence-corrected chi connectivity index (χ3v) is 2.60. The summed E-state index contributed by atoms with van der Waals surface area (Å²) >= 11 is 0. The molecule has 1 aromatic carbocycles. The number of phenolic OH excluding ortho intramolecular Hbond substituents is 1. The van der Waals surface area contributed by atoms with Crippen molar-refractivity contribution in [3.8, 4) is 5.75 Å². The highest BCUT2D eigenvalue weighted by Crippen LogP contribution is 2.27. The molecule has 0 unspecified atom stereocenters. The Morgan fingerprint density at radius 3 is 2.25 bits per heavy atom. The lowest BCUT2D eigenvalue weighted by molar-refractivity contribution is 0.0970. The van der Waals surface area contributed by atoms with Gasteiger partial charge in [0.1, 0.15) is 5.75 Å². The van der Waals surface area contributed by atoms with Crippen molar-refractivity contribution in [3.05, 3.63) is 29.3 Å². The fraction of sp³-hybridized carbons (Fsp3) is 0.500.